The fraction of sp³-hybridized carbons (Fsp3) is 0.933. The van der Waals surface area contributed by atoms with Crippen LogP contribution in [-0.4, -0.2) is 48.1 Å². The Morgan fingerprint density at radius 2 is 1.95 bits per heavy atom. The lowest BCUT2D eigenvalue weighted by molar-refractivity contribution is -0.220. The van der Waals surface area contributed by atoms with Crippen LogP contribution in [0.4, 0.5) is 0 Å². The van der Waals surface area contributed by atoms with Gasteiger partial charge >= 0.3 is 5.97 Å². The molecule has 6 heteroatoms. The number of hydrogen-bond donors (Lipinski definition) is 1. The Morgan fingerprint density at radius 3 is 2.62 bits per heavy atom. The van der Waals surface area contributed by atoms with E-state index in [0.717, 1.165) is 25.7 Å². The van der Waals surface area contributed by atoms with E-state index in [-0.39, 0.29) is 18.5 Å². The van der Waals surface area contributed by atoms with Crippen LogP contribution in [-0.2, 0) is 23.7 Å². The summed E-state index contributed by atoms with van der Waals surface area (Å²) in [5.74, 6) is -0.923. The predicted octanol–water partition coefficient (Wildman–Crippen LogP) is 1.35. The van der Waals surface area contributed by atoms with Crippen LogP contribution < -0.4 is 0 Å². The largest absolute Gasteiger partial charge is 0.463 e. The van der Waals surface area contributed by atoms with E-state index in [4.69, 9.17) is 18.9 Å². The van der Waals surface area contributed by atoms with Gasteiger partial charge in [0, 0.05) is 0 Å². The van der Waals surface area contributed by atoms with Gasteiger partial charge in [-0.3, -0.25) is 4.79 Å². The van der Waals surface area contributed by atoms with Crippen molar-refractivity contribution in [2.75, 3.05) is 6.61 Å². The van der Waals surface area contributed by atoms with Crippen molar-refractivity contribution in [2.24, 2.45) is 5.92 Å². The summed E-state index contributed by atoms with van der Waals surface area (Å²) >= 11 is 0. The molecule has 0 aromatic carbocycles. The zero-order valence-electron chi connectivity index (χ0n) is 12.6. The molecule has 3 rings (SSSR count). The number of rotatable bonds is 3. The predicted molar refractivity (Wildman–Crippen MR) is 72.2 cm³/mol. The lowest BCUT2D eigenvalue weighted by atomic mass is 9.89. The molecule has 1 saturated carbocycles. The molecule has 0 amide bonds. The highest BCUT2D eigenvalue weighted by atomic mass is 16.8. The number of carbonyl (C=O) groups is 1. The summed E-state index contributed by atoms with van der Waals surface area (Å²) in [5.41, 5.74) is 0. The van der Waals surface area contributed by atoms with E-state index in [2.05, 4.69) is 0 Å². The van der Waals surface area contributed by atoms with Crippen molar-refractivity contribution in [3.05, 3.63) is 0 Å². The molecule has 3 fully saturated rings. The van der Waals surface area contributed by atoms with Crippen LogP contribution in [0.3, 0.4) is 0 Å². The van der Waals surface area contributed by atoms with Gasteiger partial charge in [0.15, 0.2) is 12.1 Å². The Labute approximate surface area is 124 Å². The van der Waals surface area contributed by atoms with E-state index < -0.39 is 30.4 Å². The minimum atomic E-state index is -0.837. The summed E-state index contributed by atoms with van der Waals surface area (Å²) in [6, 6.07) is 0. The number of ether oxygens (including phenoxy) is 4. The minimum Gasteiger partial charge on any atom is -0.463 e. The second-order valence-electron chi connectivity index (χ2n) is 6.60. The molecule has 0 radical (unpaired) electrons. The first-order valence-electron chi connectivity index (χ1n) is 7.82. The van der Waals surface area contributed by atoms with Gasteiger partial charge in [0.2, 0.25) is 0 Å². The number of esters is 1. The number of aliphatic hydroxyl groups is 1. The Morgan fingerprint density at radius 1 is 1.24 bits per heavy atom. The third-order valence-corrected chi connectivity index (χ3v) is 4.44. The van der Waals surface area contributed by atoms with E-state index in [1.807, 2.05) is 0 Å². The first-order chi connectivity index (χ1) is 9.96. The number of fused-ring (bicyclic) bond motifs is 1. The van der Waals surface area contributed by atoms with Crippen LogP contribution in [0.25, 0.3) is 0 Å². The molecule has 1 aliphatic carbocycles. The van der Waals surface area contributed by atoms with Gasteiger partial charge in [-0.25, -0.2) is 0 Å². The van der Waals surface area contributed by atoms with Crippen LogP contribution in [0.2, 0.25) is 0 Å². The number of aliphatic hydroxyl groups excluding tert-OH is 1. The second kappa shape index (κ2) is 5.83. The smallest absolute Gasteiger partial charge is 0.309 e. The standard InChI is InChI=1S/C15H24O6/c1-15(2)20-12-11(16)10(19-14(12)21-15)8-18-13(17)9-6-4-3-5-7-9/h9-12,14,16H,3-8H2,1-2H3. The normalized spacial score (nSPS) is 39.2. The molecule has 6 nitrogen and oxygen atoms in total. The maximum absolute atomic E-state index is 12.0. The topological polar surface area (TPSA) is 74.2 Å². The number of carbonyl (C=O) groups excluding carboxylic acids is 1. The van der Waals surface area contributed by atoms with Crippen LogP contribution >= 0.6 is 0 Å². The van der Waals surface area contributed by atoms with Crippen molar-refractivity contribution < 1.29 is 28.8 Å². The van der Waals surface area contributed by atoms with Crippen LogP contribution in [0.5, 0.6) is 0 Å². The zero-order valence-corrected chi connectivity index (χ0v) is 12.6. The summed E-state index contributed by atoms with van der Waals surface area (Å²) in [7, 11) is 0. The van der Waals surface area contributed by atoms with Crippen molar-refractivity contribution in [1.29, 1.82) is 0 Å². The first kappa shape index (κ1) is 15.2. The van der Waals surface area contributed by atoms with Crippen molar-refractivity contribution in [3.63, 3.8) is 0 Å². The zero-order chi connectivity index (χ0) is 15.0. The molecular formula is C15H24O6. The Bertz CT molecular complexity index is 390. The van der Waals surface area contributed by atoms with E-state index >= 15 is 0 Å². The molecule has 21 heavy (non-hydrogen) atoms. The molecule has 0 aromatic rings. The quantitative estimate of drug-likeness (QED) is 0.793. The highest BCUT2D eigenvalue weighted by Gasteiger charge is 2.54. The molecule has 0 bridgehead atoms. The third kappa shape index (κ3) is 3.23. The van der Waals surface area contributed by atoms with E-state index in [1.54, 1.807) is 13.8 Å². The molecule has 2 saturated heterocycles. The highest BCUT2D eigenvalue weighted by Crippen LogP contribution is 2.37. The molecule has 2 aliphatic heterocycles. The van der Waals surface area contributed by atoms with Gasteiger partial charge in [-0.15, -0.1) is 0 Å². The maximum atomic E-state index is 12.0. The Hall–Kier alpha value is -0.690. The summed E-state index contributed by atoms with van der Waals surface area (Å²) in [4.78, 5) is 12.0. The fourth-order valence-corrected chi connectivity index (χ4v) is 3.32. The Kier molecular flexibility index (Phi) is 4.23. The van der Waals surface area contributed by atoms with Crippen molar-refractivity contribution >= 4 is 5.97 Å². The van der Waals surface area contributed by atoms with Crippen LogP contribution in [0, 0.1) is 5.92 Å². The average molecular weight is 300 g/mol. The van der Waals surface area contributed by atoms with Gasteiger partial charge in [0.05, 0.1) is 5.92 Å². The number of hydrogen-bond acceptors (Lipinski definition) is 6. The monoisotopic (exact) mass is 300 g/mol. The lowest BCUT2D eigenvalue weighted by Crippen LogP contribution is -2.37. The van der Waals surface area contributed by atoms with Crippen molar-refractivity contribution in [2.45, 2.75) is 76.3 Å². The van der Waals surface area contributed by atoms with Crippen LogP contribution in [0.15, 0.2) is 0 Å². The molecule has 4 atom stereocenters. The molecular weight excluding hydrogens is 276 g/mol. The molecule has 0 aromatic heterocycles. The summed E-state index contributed by atoms with van der Waals surface area (Å²) in [6.07, 6.45) is 2.65. The van der Waals surface area contributed by atoms with Gasteiger partial charge < -0.3 is 24.1 Å². The third-order valence-electron chi connectivity index (χ3n) is 4.44. The Balaban J connectivity index is 1.48. The SMILES string of the molecule is CC1(C)OC2OC(COC(=O)C3CCCCC3)C(O)C2O1. The van der Waals surface area contributed by atoms with Gasteiger partial charge in [0.1, 0.15) is 24.9 Å². The van der Waals surface area contributed by atoms with E-state index in [0.29, 0.717) is 0 Å². The summed E-state index contributed by atoms with van der Waals surface area (Å²) in [5, 5.41) is 10.2. The molecule has 2 heterocycles. The van der Waals surface area contributed by atoms with Gasteiger partial charge in [-0.2, -0.15) is 0 Å². The van der Waals surface area contributed by atoms with Crippen molar-refractivity contribution in [3.8, 4) is 0 Å². The summed E-state index contributed by atoms with van der Waals surface area (Å²) in [6.45, 7) is 3.61. The molecule has 120 valence electrons. The molecule has 0 spiro atoms. The van der Waals surface area contributed by atoms with Gasteiger partial charge in [0.25, 0.3) is 0 Å². The van der Waals surface area contributed by atoms with Crippen molar-refractivity contribution in [1.82, 2.24) is 0 Å². The molecule has 3 aliphatic rings. The molecule has 1 N–H and O–H groups in total. The highest BCUT2D eigenvalue weighted by molar-refractivity contribution is 5.72. The summed E-state index contributed by atoms with van der Waals surface area (Å²) < 4.78 is 22.1. The fourth-order valence-electron chi connectivity index (χ4n) is 3.32. The molecule has 4 unspecified atom stereocenters. The van der Waals surface area contributed by atoms with Crippen LogP contribution in [0.1, 0.15) is 46.0 Å². The first-order valence-corrected chi connectivity index (χ1v) is 7.82. The lowest BCUT2D eigenvalue weighted by Gasteiger charge is -2.24. The van der Waals surface area contributed by atoms with E-state index in [9.17, 15) is 9.90 Å². The maximum Gasteiger partial charge on any atom is 0.309 e. The van der Waals surface area contributed by atoms with E-state index in [1.165, 1.54) is 6.42 Å². The van der Waals surface area contributed by atoms with Gasteiger partial charge in [-0.1, -0.05) is 19.3 Å². The minimum absolute atomic E-state index is 0.00299. The average Bonchev–Trinajstić information content (AvgIpc) is 2.91. The van der Waals surface area contributed by atoms with Gasteiger partial charge in [-0.05, 0) is 26.7 Å². The second-order valence-corrected chi connectivity index (χ2v) is 6.60.